The van der Waals surface area contributed by atoms with Gasteiger partial charge in [0.1, 0.15) is 10.4 Å². The van der Waals surface area contributed by atoms with E-state index in [0.717, 1.165) is 41.7 Å². The molecule has 1 amide bonds. The first-order chi connectivity index (χ1) is 15.9. The Kier molecular flexibility index (Phi) is 4.95. The number of hydrogen-bond acceptors (Lipinski definition) is 7. The largest absolute Gasteiger partial charge is 0.371 e. The molecule has 1 spiro atoms. The number of anilines is 1. The summed E-state index contributed by atoms with van der Waals surface area (Å²) in [6, 6.07) is 13.3. The van der Waals surface area contributed by atoms with E-state index in [0.29, 0.717) is 6.54 Å². The number of aromatic nitrogens is 1. The van der Waals surface area contributed by atoms with Crippen LogP contribution in [0.4, 0.5) is 5.69 Å². The molecule has 3 aliphatic rings. The first kappa shape index (κ1) is 21.0. The van der Waals surface area contributed by atoms with Gasteiger partial charge in [0.05, 0.1) is 25.2 Å². The molecule has 0 N–H and O–H groups in total. The molecule has 172 valence electrons. The fourth-order valence-electron chi connectivity index (χ4n) is 5.07. The first-order valence-electron chi connectivity index (χ1n) is 11.0. The zero-order valence-corrected chi connectivity index (χ0v) is 19.6. The van der Waals surface area contributed by atoms with Gasteiger partial charge in [-0.05, 0) is 42.5 Å². The molecule has 1 aromatic carbocycles. The van der Waals surface area contributed by atoms with Crippen LogP contribution in [0.25, 0.3) is 10.1 Å². The summed E-state index contributed by atoms with van der Waals surface area (Å²) in [5.41, 5.74) is 0.716. The number of rotatable bonds is 3. The van der Waals surface area contributed by atoms with Crippen molar-refractivity contribution in [2.75, 3.05) is 37.6 Å². The quantitative estimate of drug-likeness (QED) is 0.568. The van der Waals surface area contributed by atoms with E-state index in [-0.39, 0.29) is 23.2 Å². The lowest BCUT2D eigenvalue weighted by atomic mass is 9.91. The maximum Gasteiger partial charge on any atom is 0.253 e. The average molecular weight is 485 g/mol. The number of ether oxygens (including phenoxy) is 1. The lowest BCUT2D eigenvalue weighted by Gasteiger charge is -2.39. The predicted molar refractivity (Wildman–Crippen MR) is 126 cm³/mol. The van der Waals surface area contributed by atoms with E-state index >= 15 is 0 Å². The number of pyridine rings is 1. The number of amides is 1. The maximum atomic E-state index is 13.4. The van der Waals surface area contributed by atoms with E-state index < -0.39 is 21.9 Å². The molecule has 0 radical (unpaired) electrons. The Morgan fingerprint density at radius 3 is 2.61 bits per heavy atom. The zero-order valence-electron chi connectivity index (χ0n) is 18.0. The molecular formula is C23H24N4O4S2. The zero-order chi connectivity index (χ0) is 22.6. The third-order valence-corrected chi connectivity index (χ3v) is 10.3. The van der Waals surface area contributed by atoms with Crippen LogP contribution < -0.4 is 4.90 Å². The van der Waals surface area contributed by atoms with Crippen LogP contribution in [0.2, 0.25) is 0 Å². The Labute approximate surface area is 196 Å². The highest BCUT2D eigenvalue weighted by molar-refractivity contribution is 7.91. The second-order valence-corrected chi connectivity index (χ2v) is 12.1. The summed E-state index contributed by atoms with van der Waals surface area (Å²) in [7, 11) is -3.77. The average Bonchev–Trinajstić information content (AvgIpc) is 3.42. The second kappa shape index (κ2) is 7.76. The fraction of sp³-hybridized carbons (Fsp3) is 0.391. The van der Waals surface area contributed by atoms with Crippen LogP contribution in [0.3, 0.4) is 0 Å². The molecule has 3 aliphatic heterocycles. The van der Waals surface area contributed by atoms with Crippen LogP contribution in [0, 0.1) is 0 Å². The number of fused-ring (bicyclic) bond motifs is 2. The lowest BCUT2D eigenvalue weighted by molar-refractivity contribution is -0.144. The molecule has 1 unspecified atom stereocenters. The third-order valence-electron chi connectivity index (χ3n) is 6.88. The maximum absolute atomic E-state index is 13.4. The number of thiophene rings is 1. The van der Waals surface area contributed by atoms with Gasteiger partial charge in [-0.1, -0.05) is 18.2 Å². The number of nitrogens with zero attached hydrogens (tertiary/aromatic N) is 4. The highest BCUT2D eigenvalue weighted by Crippen LogP contribution is 2.39. The molecule has 8 nitrogen and oxygen atoms in total. The Morgan fingerprint density at radius 1 is 1.09 bits per heavy atom. The molecule has 3 fully saturated rings. The highest BCUT2D eigenvalue weighted by atomic mass is 32.2. The van der Waals surface area contributed by atoms with Crippen molar-refractivity contribution in [2.24, 2.45) is 0 Å². The topological polar surface area (TPSA) is 83.0 Å². The van der Waals surface area contributed by atoms with E-state index in [1.165, 1.54) is 15.6 Å². The van der Waals surface area contributed by atoms with Crippen LogP contribution in [0.1, 0.15) is 12.8 Å². The molecule has 3 saturated heterocycles. The summed E-state index contributed by atoms with van der Waals surface area (Å²) < 4.78 is 35.6. The minimum Gasteiger partial charge on any atom is -0.371 e. The van der Waals surface area contributed by atoms with Crippen molar-refractivity contribution in [3.8, 4) is 0 Å². The van der Waals surface area contributed by atoms with Gasteiger partial charge in [0.15, 0.2) is 0 Å². The van der Waals surface area contributed by atoms with E-state index in [1.54, 1.807) is 23.4 Å². The first-order valence-corrected chi connectivity index (χ1v) is 13.3. The van der Waals surface area contributed by atoms with Crippen molar-refractivity contribution in [2.45, 2.75) is 28.9 Å². The molecule has 0 bridgehead atoms. The van der Waals surface area contributed by atoms with Gasteiger partial charge in [0.25, 0.3) is 10.0 Å². The standard InChI is InChI=1S/C23H24N4O4S2/c28-20-14-26(33(29,30)22-13-17-3-1-2-4-19(17)32-22)15-21-27(20)16-23(31-21)7-11-25(12-8-23)18-5-9-24-10-6-18/h1-6,9-10,13,21H,7-8,11-12,14-16H2. The Bertz CT molecular complexity index is 1270. The summed E-state index contributed by atoms with van der Waals surface area (Å²) in [6.45, 7) is 2.19. The molecular weight excluding hydrogens is 460 g/mol. The van der Waals surface area contributed by atoms with Gasteiger partial charge in [0, 0.05) is 35.9 Å². The third kappa shape index (κ3) is 3.61. The van der Waals surface area contributed by atoms with Gasteiger partial charge >= 0.3 is 0 Å². The number of hydrogen-bond donors (Lipinski definition) is 0. The summed E-state index contributed by atoms with van der Waals surface area (Å²) in [6.07, 6.45) is 4.62. The Hall–Kier alpha value is -2.53. The van der Waals surface area contributed by atoms with Crippen molar-refractivity contribution in [1.29, 1.82) is 0 Å². The van der Waals surface area contributed by atoms with Gasteiger partial charge in [0.2, 0.25) is 5.91 Å². The van der Waals surface area contributed by atoms with Gasteiger partial charge in [-0.3, -0.25) is 9.78 Å². The minimum atomic E-state index is -3.77. The summed E-state index contributed by atoms with van der Waals surface area (Å²) >= 11 is 1.24. The monoisotopic (exact) mass is 484 g/mol. The minimum absolute atomic E-state index is 0.143. The van der Waals surface area contributed by atoms with Crippen molar-refractivity contribution < 1.29 is 17.9 Å². The lowest BCUT2D eigenvalue weighted by Crippen LogP contribution is -2.55. The van der Waals surface area contributed by atoms with Crippen molar-refractivity contribution in [3.05, 3.63) is 54.9 Å². The van der Waals surface area contributed by atoms with E-state index in [9.17, 15) is 13.2 Å². The van der Waals surface area contributed by atoms with Gasteiger partial charge in [-0.15, -0.1) is 11.3 Å². The van der Waals surface area contributed by atoms with E-state index in [1.807, 2.05) is 36.4 Å². The SMILES string of the molecule is O=C1CN(S(=O)(=O)c2cc3ccccc3s2)CC2OC3(CCN(c4ccncc4)CC3)CN12. The highest BCUT2D eigenvalue weighted by Gasteiger charge is 2.52. The number of sulfonamides is 1. The number of carbonyl (C=O) groups excluding carboxylic acids is 1. The fourth-order valence-corrected chi connectivity index (χ4v) is 8.00. The molecule has 10 heteroatoms. The Morgan fingerprint density at radius 2 is 1.85 bits per heavy atom. The predicted octanol–water partition coefficient (Wildman–Crippen LogP) is 2.52. The molecule has 2 aromatic heterocycles. The second-order valence-electron chi connectivity index (χ2n) is 8.87. The number of benzene rings is 1. The number of piperidine rings is 1. The van der Waals surface area contributed by atoms with Crippen molar-refractivity contribution in [3.63, 3.8) is 0 Å². The van der Waals surface area contributed by atoms with Gasteiger partial charge in [-0.25, -0.2) is 8.42 Å². The summed E-state index contributed by atoms with van der Waals surface area (Å²) in [5, 5.41) is 0.892. The molecule has 33 heavy (non-hydrogen) atoms. The van der Waals surface area contributed by atoms with Crippen LogP contribution in [0.15, 0.2) is 59.1 Å². The van der Waals surface area contributed by atoms with Crippen LogP contribution in [-0.4, -0.2) is 73.1 Å². The van der Waals surface area contributed by atoms with E-state index in [4.69, 9.17) is 4.74 Å². The molecule has 0 aliphatic carbocycles. The van der Waals surface area contributed by atoms with Gasteiger partial charge < -0.3 is 14.5 Å². The van der Waals surface area contributed by atoms with Crippen LogP contribution in [-0.2, 0) is 19.6 Å². The molecule has 5 heterocycles. The van der Waals surface area contributed by atoms with Crippen LogP contribution >= 0.6 is 11.3 Å². The smallest absolute Gasteiger partial charge is 0.253 e. The summed E-state index contributed by atoms with van der Waals surface area (Å²) in [5.74, 6) is -0.190. The number of carbonyl (C=O) groups is 1. The molecule has 6 rings (SSSR count). The Balaban J connectivity index is 1.19. The van der Waals surface area contributed by atoms with E-state index in [2.05, 4.69) is 9.88 Å². The van der Waals surface area contributed by atoms with Crippen LogP contribution in [0.5, 0.6) is 0 Å². The molecule has 1 atom stereocenters. The normalized spacial score (nSPS) is 23.4. The molecule has 0 saturated carbocycles. The van der Waals surface area contributed by atoms with Crippen molar-refractivity contribution >= 4 is 43.0 Å². The summed E-state index contributed by atoms with van der Waals surface area (Å²) in [4.78, 5) is 21.1. The number of piperazine rings is 1. The molecule has 3 aromatic rings. The van der Waals surface area contributed by atoms with Gasteiger partial charge in [-0.2, -0.15) is 4.31 Å². The van der Waals surface area contributed by atoms with Crippen molar-refractivity contribution in [1.82, 2.24) is 14.2 Å².